The SMILES string of the molecule is CCCC1CCC(c2ccc(CCc3ccc(OC)c(C(F)(F)F)c3C(F)(F)F)cc2F)CC1. The van der Waals surface area contributed by atoms with E-state index < -0.39 is 40.6 Å². The molecule has 1 nitrogen and oxygen atoms in total. The topological polar surface area (TPSA) is 9.23 Å². The number of ether oxygens (including phenoxy) is 1. The zero-order chi connectivity index (χ0) is 25.1. The molecule has 0 N–H and O–H groups in total. The molecule has 0 saturated heterocycles. The number of methoxy groups -OCH3 is 1. The second kappa shape index (κ2) is 10.6. The van der Waals surface area contributed by atoms with E-state index in [-0.39, 0.29) is 18.8 Å². The number of aryl methyl sites for hydroxylation is 2. The van der Waals surface area contributed by atoms with Crippen molar-refractivity contribution in [3.05, 3.63) is 64.0 Å². The quantitative estimate of drug-likeness (QED) is 0.353. The van der Waals surface area contributed by atoms with Gasteiger partial charge >= 0.3 is 12.4 Å². The second-order valence-electron chi connectivity index (χ2n) is 9.03. The number of alkyl halides is 6. The Kier molecular flexibility index (Phi) is 8.19. The van der Waals surface area contributed by atoms with E-state index in [0.29, 0.717) is 17.0 Å². The van der Waals surface area contributed by atoms with Gasteiger partial charge in [0.25, 0.3) is 0 Å². The minimum Gasteiger partial charge on any atom is -0.496 e. The summed E-state index contributed by atoms with van der Waals surface area (Å²) in [5.41, 5.74) is -3.03. The average molecular weight is 491 g/mol. The third-order valence-corrected chi connectivity index (χ3v) is 6.77. The highest BCUT2D eigenvalue weighted by Crippen LogP contribution is 2.47. The number of halogens is 7. The molecule has 1 saturated carbocycles. The average Bonchev–Trinajstić information content (AvgIpc) is 2.76. The Morgan fingerprint density at radius 2 is 1.50 bits per heavy atom. The largest absolute Gasteiger partial charge is 0.496 e. The first kappa shape index (κ1) is 26.4. The lowest BCUT2D eigenvalue weighted by molar-refractivity contribution is -0.163. The first-order valence-electron chi connectivity index (χ1n) is 11.6. The van der Waals surface area contributed by atoms with Gasteiger partial charge in [0.05, 0.1) is 12.7 Å². The molecule has 0 aliphatic heterocycles. The molecular formula is C26H29F7O. The van der Waals surface area contributed by atoms with Crippen molar-refractivity contribution < 1.29 is 35.5 Å². The fraction of sp³-hybridized carbons (Fsp3) is 0.538. The molecule has 188 valence electrons. The molecule has 2 aromatic rings. The summed E-state index contributed by atoms with van der Waals surface area (Å²) >= 11 is 0. The Labute approximate surface area is 195 Å². The second-order valence-corrected chi connectivity index (χ2v) is 9.03. The smallest absolute Gasteiger partial charge is 0.420 e. The van der Waals surface area contributed by atoms with Crippen LogP contribution in [0.5, 0.6) is 5.75 Å². The van der Waals surface area contributed by atoms with Crippen LogP contribution in [0.2, 0.25) is 0 Å². The van der Waals surface area contributed by atoms with Crippen LogP contribution in [0.25, 0.3) is 0 Å². The Hall–Kier alpha value is -2.25. The Balaban J connectivity index is 1.80. The highest BCUT2D eigenvalue weighted by molar-refractivity contribution is 5.49. The Bertz CT molecular complexity index is 970. The Morgan fingerprint density at radius 3 is 2.03 bits per heavy atom. The van der Waals surface area contributed by atoms with E-state index in [0.717, 1.165) is 51.3 Å². The van der Waals surface area contributed by atoms with Gasteiger partial charge < -0.3 is 4.74 Å². The van der Waals surface area contributed by atoms with Crippen LogP contribution in [0, 0.1) is 11.7 Å². The van der Waals surface area contributed by atoms with Crippen molar-refractivity contribution in [3.8, 4) is 5.75 Å². The van der Waals surface area contributed by atoms with Gasteiger partial charge in [-0.15, -0.1) is 0 Å². The van der Waals surface area contributed by atoms with Gasteiger partial charge in [0.1, 0.15) is 17.1 Å². The van der Waals surface area contributed by atoms with Crippen LogP contribution in [0.15, 0.2) is 30.3 Å². The molecule has 0 aromatic heterocycles. The van der Waals surface area contributed by atoms with E-state index in [2.05, 4.69) is 11.7 Å². The van der Waals surface area contributed by atoms with Crippen LogP contribution < -0.4 is 4.74 Å². The van der Waals surface area contributed by atoms with Crippen LogP contribution in [0.1, 0.15) is 79.2 Å². The minimum absolute atomic E-state index is 0.0207. The number of hydrogen-bond donors (Lipinski definition) is 0. The van der Waals surface area contributed by atoms with Crippen molar-refractivity contribution in [2.24, 2.45) is 5.92 Å². The maximum Gasteiger partial charge on any atom is 0.420 e. The van der Waals surface area contributed by atoms with Gasteiger partial charge in [-0.05, 0) is 79.2 Å². The number of benzene rings is 2. The first-order chi connectivity index (χ1) is 16.0. The normalized spacial score (nSPS) is 19.3. The summed E-state index contributed by atoms with van der Waals surface area (Å²) in [6.45, 7) is 2.15. The van der Waals surface area contributed by atoms with Gasteiger partial charge in [-0.1, -0.05) is 38.0 Å². The van der Waals surface area contributed by atoms with E-state index in [1.54, 1.807) is 12.1 Å². The van der Waals surface area contributed by atoms with Gasteiger partial charge in [0, 0.05) is 0 Å². The lowest BCUT2D eigenvalue weighted by Gasteiger charge is -2.29. The van der Waals surface area contributed by atoms with Gasteiger partial charge in [0.15, 0.2) is 0 Å². The monoisotopic (exact) mass is 490 g/mol. The predicted octanol–water partition coefficient (Wildman–Crippen LogP) is 8.73. The molecule has 0 heterocycles. The molecule has 3 rings (SSSR count). The zero-order valence-corrected chi connectivity index (χ0v) is 19.3. The fourth-order valence-corrected chi connectivity index (χ4v) is 5.12. The molecule has 0 unspecified atom stereocenters. The lowest BCUT2D eigenvalue weighted by Crippen LogP contribution is -2.20. The van der Waals surface area contributed by atoms with Crippen molar-refractivity contribution in [2.75, 3.05) is 7.11 Å². The van der Waals surface area contributed by atoms with E-state index >= 15 is 0 Å². The highest BCUT2D eigenvalue weighted by atomic mass is 19.4. The van der Waals surface area contributed by atoms with Crippen LogP contribution in [-0.2, 0) is 25.2 Å². The maximum atomic E-state index is 14.8. The van der Waals surface area contributed by atoms with Crippen molar-refractivity contribution >= 4 is 0 Å². The summed E-state index contributed by atoms with van der Waals surface area (Å²) in [5.74, 6) is -0.488. The van der Waals surface area contributed by atoms with Gasteiger partial charge in [0.2, 0.25) is 0 Å². The van der Waals surface area contributed by atoms with Crippen molar-refractivity contribution in [1.82, 2.24) is 0 Å². The molecule has 0 spiro atoms. The van der Waals surface area contributed by atoms with Gasteiger partial charge in [-0.3, -0.25) is 0 Å². The highest BCUT2D eigenvalue weighted by Gasteiger charge is 2.47. The van der Waals surface area contributed by atoms with Crippen LogP contribution in [0.4, 0.5) is 30.7 Å². The molecule has 0 radical (unpaired) electrons. The number of rotatable bonds is 7. The summed E-state index contributed by atoms with van der Waals surface area (Å²) in [4.78, 5) is 0. The van der Waals surface area contributed by atoms with Crippen molar-refractivity contribution in [3.63, 3.8) is 0 Å². The van der Waals surface area contributed by atoms with E-state index in [4.69, 9.17) is 0 Å². The van der Waals surface area contributed by atoms with Gasteiger partial charge in [-0.2, -0.15) is 26.3 Å². The molecule has 2 aromatic carbocycles. The van der Waals surface area contributed by atoms with Crippen LogP contribution in [0.3, 0.4) is 0 Å². The molecule has 0 bridgehead atoms. The molecule has 1 aliphatic carbocycles. The van der Waals surface area contributed by atoms with Crippen LogP contribution >= 0.6 is 0 Å². The molecule has 1 fully saturated rings. The molecule has 0 amide bonds. The van der Waals surface area contributed by atoms with E-state index in [1.807, 2.05) is 0 Å². The first-order valence-corrected chi connectivity index (χ1v) is 11.6. The van der Waals surface area contributed by atoms with Gasteiger partial charge in [-0.25, -0.2) is 4.39 Å². The molecule has 8 heteroatoms. The molecule has 1 aliphatic rings. The maximum absolute atomic E-state index is 14.8. The lowest BCUT2D eigenvalue weighted by atomic mass is 9.77. The number of hydrogen-bond acceptors (Lipinski definition) is 1. The summed E-state index contributed by atoms with van der Waals surface area (Å²) in [7, 11) is 0.894. The fourth-order valence-electron chi connectivity index (χ4n) is 5.12. The molecular weight excluding hydrogens is 461 g/mol. The standard InChI is InChI=1S/C26H29F7O/c1-3-4-16-5-9-18(10-6-16)20-13-8-17(15-21(20)27)7-11-19-12-14-22(34-2)24(26(31,32)33)23(19)25(28,29)30/h8,12-16,18H,3-7,9-11H2,1-2H3. The minimum atomic E-state index is -5.24. The third-order valence-electron chi connectivity index (χ3n) is 6.77. The summed E-state index contributed by atoms with van der Waals surface area (Å²) in [5, 5.41) is 0. The summed E-state index contributed by atoms with van der Waals surface area (Å²) in [6, 6.07) is 6.53. The van der Waals surface area contributed by atoms with Crippen molar-refractivity contribution in [1.29, 1.82) is 0 Å². The van der Waals surface area contributed by atoms with E-state index in [1.165, 1.54) is 12.5 Å². The summed E-state index contributed by atoms with van der Waals surface area (Å²) in [6.07, 6.45) is -4.57. The zero-order valence-electron chi connectivity index (χ0n) is 19.3. The van der Waals surface area contributed by atoms with E-state index in [9.17, 15) is 30.7 Å². The van der Waals surface area contributed by atoms with Crippen LogP contribution in [-0.4, -0.2) is 7.11 Å². The summed E-state index contributed by atoms with van der Waals surface area (Å²) < 4.78 is 101. The predicted molar refractivity (Wildman–Crippen MR) is 116 cm³/mol. The molecule has 34 heavy (non-hydrogen) atoms. The Morgan fingerprint density at radius 1 is 0.853 bits per heavy atom. The third kappa shape index (κ3) is 6.05. The molecule has 0 atom stereocenters. The van der Waals surface area contributed by atoms with Crippen molar-refractivity contribution in [2.45, 2.75) is 76.6 Å².